The summed E-state index contributed by atoms with van der Waals surface area (Å²) in [5.74, 6) is 0.804. The zero-order valence-corrected chi connectivity index (χ0v) is 15.8. The predicted octanol–water partition coefficient (Wildman–Crippen LogP) is 3.26. The number of hydrogen-bond acceptors (Lipinski definition) is 3. The van der Waals surface area contributed by atoms with E-state index in [0.29, 0.717) is 27.3 Å². The Hall–Kier alpha value is -2.62. The molecule has 4 rings (SSSR count). The van der Waals surface area contributed by atoms with Crippen molar-refractivity contribution in [2.24, 2.45) is 0 Å². The number of nitrogens with zero attached hydrogens (tertiary/aromatic N) is 1. The first-order valence-electron chi connectivity index (χ1n) is 8.47. The number of aromatic nitrogens is 1. The van der Waals surface area contributed by atoms with Gasteiger partial charge in [-0.25, -0.2) is 0 Å². The van der Waals surface area contributed by atoms with Gasteiger partial charge in [0, 0.05) is 0 Å². The molecule has 0 saturated heterocycles. The number of pyridine rings is 1. The Kier molecular flexibility index (Phi) is 5.00. The van der Waals surface area contributed by atoms with Crippen LogP contribution in [-0.2, 0) is 0 Å². The summed E-state index contributed by atoms with van der Waals surface area (Å²) in [5, 5.41) is 3.92. The van der Waals surface area contributed by atoms with Crippen LogP contribution in [0, 0.1) is 0 Å². The van der Waals surface area contributed by atoms with Gasteiger partial charge in [-0.3, -0.25) is 0 Å². The molecule has 5 heteroatoms. The third kappa shape index (κ3) is 3.64. The van der Waals surface area contributed by atoms with Crippen LogP contribution in [0.3, 0.4) is 0 Å². The summed E-state index contributed by atoms with van der Waals surface area (Å²) >= 11 is 0.333. The number of nitrogens with one attached hydrogen (secondary N) is 1. The predicted molar refractivity (Wildman–Crippen MR) is 104 cm³/mol. The summed E-state index contributed by atoms with van der Waals surface area (Å²) < 4.78 is 7.18. The summed E-state index contributed by atoms with van der Waals surface area (Å²) in [6.07, 6.45) is 1.64. The number of fused-ring (bicyclic) bond motifs is 1. The molecular formula is C21H18N2O2Se. The van der Waals surface area contributed by atoms with Crippen LogP contribution in [0.1, 0.15) is 22.0 Å². The Balaban J connectivity index is 1.54. The number of ether oxygens (including phenoxy) is 1. The second kappa shape index (κ2) is 7.73. The third-order valence-corrected chi connectivity index (χ3v) is 6.70. The zero-order valence-electron chi connectivity index (χ0n) is 14.1. The quantitative estimate of drug-likeness (QED) is 0.659. The first kappa shape index (κ1) is 16.8. The van der Waals surface area contributed by atoms with Gasteiger partial charge in [0.1, 0.15) is 0 Å². The van der Waals surface area contributed by atoms with Crippen LogP contribution >= 0.6 is 0 Å². The first-order valence-corrected chi connectivity index (χ1v) is 10.5. The van der Waals surface area contributed by atoms with E-state index in [-0.39, 0.29) is 11.8 Å². The minimum atomic E-state index is -0.184. The number of para-hydroxylation sites is 1. The van der Waals surface area contributed by atoms with E-state index in [9.17, 15) is 4.79 Å². The summed E-state index contributed by atoms with van der Waals surface area (Å²) in [6, 6.07) is 21.8. The third-order valence-electron chi connectivity index (χ3n) is 4.24. The fourth-order valence-electron chi connectivity index (χ4n) is 2.99. The summed E-state index contributed by atoms with van der Waals surface area (Å²) in [7, 11) is 0. The number of benzene rings is 2. The number of carbonyl (C=O) groups is 1. The molecule has 1 unspecified atom stereocenters. The SMILES string of the molecule is O=C(Nc1ccccc1)c1nccc2c1C(C[Se]c1ccccc1)CO2. The van der Waals surface area contributed by atoms with Gasteiger partial charge in [0.05, 0.1) is 0 Å². The van der Waals surface area contributed by atoms with Crippen molar-refractivity contribution in [1.82, 2.24) is 4.98 Å². The Morgan fingerprint density at radius 1 is 1.08 bits per heavy atom. The van der Waals surface area contributed by atoms with E-state index < -0.39 is 0 Å². The molecule has 130 valence electrons. The maximum absolute atomic E-state index is 12.8. The molecule has 0 spiro atoms. The summed E-state index contributed by atoms with van der Waals surface area (Å²) in [6.45, 7) is 0.612. The molecule has 0 saturated carbocycles. The van der Waals surface area contributed by atoms with Crippen molar-refractivity contribution in [3.8, 4) is 5.75 Å². The number of hydrogen-bond donors (Lipinski definition) is 1. The molecule has 3 aromatic rings. The number of rotatable bonds is 5. The molecule has 1 aliphatic rings. The van der Waals surface area contributed by atoms with Crippen molar-refractivity contribution in [1.29, 1.82) is 0 Å². The van der Waals surface area contributed by atoms with Crippen LogP contribution in [0.5, 0.6) is 5.75 Å². The molecule has 0 aliphatic carbocycles. The molecule has 1 amide bonds. The second-order valence-electron chi connectivity index (χ2n) is 6.02. The number of anilines is 1. The molecule has 1 aromatic heterocycles. The van der Waals surface area contributed by atoms with Crippen molar-refractivity contribution >= 4 is 31.0 Å². The van der Waals surface area contributed by atoms with Crippen molar-refractivity contribution in [2.45, 2.75) is 11.2 Å². The van der Waals surface area contributed by atoms with Crippen LogP contribution in [-0.4, -0.2) is 32.5 Å². The average molecular weight is 409 g/mol. The normalized spacial score (nSPS) is 15.2. The van der Waals surface area contributed by atoms with Crippen LogP contribution in [0.15, 0.2) is 72.9 Å². The van der Waals surface area contributed by atoms with E-state index in [1.165, 1.54) is 4.46 Å². The monoisotopic (exact) mass is 410 g/mol. The van der Waals surface area contributed by atoms with Crippen molar-refractivity contribution in [2.75, 3.05) is 11.9 Å². The van der Waals surface area contributed by atoms with E-state index >= 15 is 0 Å². The Labute approximate surface area is 158 Å². The van der Waals surface area contributed by atoms with Gasteiger partial charge in [-0.15, -0.1) is 0 Å². The van der Waals surface area contributed by atoms with E-state index in [2.05, 4.69) is 34.6 Å². The van der Waals surface area contributed by atoms with Crippen LogP contribution in [0.2, 0.25) is 5.32 Å². The van der Waals surface area contributed by atoms with Crippen LogP contribution in [0.4, 0.5) is 5.69 Å². The Morgan fingerprint density at radius 2 is 1.81 bits per heavy atom. The van der Waals surface area contributed by atoms with Crippen LogP contribution < -0.4 is 14.5 Å². The van der Waals surface area contributed by atoms with Gasteiger partial charge >= 0.3 is 159 Å². The second-order valence-corrected chi connectivity index (χ2v) is 8.32. The first-order chi connectivity index (χ1) is 12.8. The van der Waals surface area contributed by atoms with Crippen molar-refractivity contribution in [3.05, 3.63) is 84.2 Å². The standard InChI is InChI=1S/C21H18N2O2Se/c24-21(23-16-7-3-1-4-8-16)20-19-15(13-25-18(19)11-12-22-20)14-26-17-9-5-2-6-10-17/h1-12,15H,13-14H2,(H,23,24). The molecule has 0 bridgehead atoms. The number of amides is 1. The fraction of sp³-hybridized carbons (Fsp3) is 0.143. The molecule has 1 aliphatic heterocycles. The Bertz CT molecular complexity index is 900. The molecule has 2 heterocycles. The van der Waals surface area contributed by atoms with Gasteiger partial charge in [0.2, 0.25) is 0 Å². The topological polar surface area (TPSA) is 51.2 Å². The van der Waals surface area contributed by atoms with Gasteiger partial charge in [-0.1, -0.05) is 0 Å². The van der Waals surface area contributed by atoms with Crippen molar-refractivity contribution < 1.29 is 9.53 Å². The molecule has 2 aromatic carbocycles. The van der Waals surface area contributed by atoms with E-state index in [4.69, 9.17) is 4.74 Å². The molecule has 0 radical (unpaired) electrons. The molecule has 1 N–H and O–H groups in total. The summed E-state index contributed by atoms with van der Waals surface area (Å²) in [4.78, 5) is 17.1. The van der Waals surface area contributed by atoms with E-state index in [0.717, 1.165) is 22.3 Å². The van der Waals surface area contributed by atoms with Gasteiger partial charge < -0.3 is 0 Å². The van der Waals surface area contributed by atoms with E-state index in [1.54, 1.807) is 6.20 Å². The molecular weight excluding hydrogens is 391 g/mol. The average Bonchev–Trinajstić information content (AvgIpc) is 3.11. The molecule has 1 atom stereocenters. The minimum absolute atomic E-state index is 0.184. The van der Waals surface area contributed by atoms with Crippen LogP contribution in [0.25, 0.3) is 0 Å². The maximum atomic E-state index is 12.8. The van der Waals surface area contributed by atoms with E-state index in [1.807, 2.05) is 42.5 Å². The molecule has 26 heavy (non-hydrogen) atoms. The molecule has 0 fully saturated rings. The molecule has 4 nitrogen and oxygen atoms in total. The van der Waals surface area contributed by atoms with Gasteiger partial charge in [-0.2, -0.15) is 0 Å². The summed E-state index contributed by atoms with van der Waals surface area (Å²) in [5.41, 5.74) is 2.18. The van der Waals surface area contributed by atoms with Gasteiger partial charge in [-0.05, 0) is 0 Å². The van der Waals surface area contributed by atoms with Crippen molar-refractivity contribution in [3.63, 3.8) is 0 Å². The van der Waals surface area contributed by atoms with Gasteiger partial charge in [0.25, 0.3) is 0 Å². The van der Waals surface area contributed by atoms with Gasteiger partial charge in [0.15, 0.2) is 0 Å². The Morgan fingerprint density at radius 3 is 2.58 bits per heavy atom. The fourth-order valence-corrected chi connectivity index (χ4v) is 5.10. The zero-order chi connectivity index (χ0) is 17.8. The number of carbonyl (C=O) groups excluding carboxylic acids is 1.